The fourth-order valence-electron chi connectivity index (χ4n) is 3.90. The number of hydrogen-bond donors (Lipinski definition) is 2. The monoisotopic (exact) mass is 519 g/mol. The van der Waals surface area contributed by atoms with Gasteiger partial charge in [0.05, 0.1) is 0 Å². The smallest absolute Gasteiger partial charge is 0.191 e. The van der Waals surface area contributed by atoms with Crippen molar-refractivity contribution >= 4 is 35.6 Å². The van der Waals surface area contributed by atoms with Crippen LogP contribution in [0.2, 0.25) is 0 Å². The zero-order chi connectivity index (χ0) is 20.1. The van der Waals surface area contributed by atoms with E-state index in [0.29, 0.717) is 18.6 Å². The van der Waals surface area contributed by atoms with E-state index in [4.69, 9.17) is 4.99 Å². The molecule has 1 saturated heterocycles. The number of aliphatic imine (C=N–C) groups is 1. The number of fused-ring (bicyclic) bond motifs is 1. The molecule has 30 heavy (non-hydrogen) atoms. The van der Waals surface area contributed by atoms with Crippen molar-refractivity contribution in [2.45, 2.75) is 45.4 Å². The maximum atomic E-state index is 4.76. The molecule has 0 amide bonds. The molecule has 1 aliphatic rings. The molecule has 0 bridgehead atoms. The van der Waals surface area contributed by atoms with Crippen LogP contribution in [0.15, 0.2) is 59.7 Å². The van der Waals surface area contributed by atoms with Crippen LogP contribution in [0.4, 0.5) is 0 Å². The first-order chi connectivity index (χ1) is 14.2. The standard InChI is InChI=1S/C22H29N7.HI/c1-3-23-22(24-14-21-27-26-20-11-7-8-12-29(20)21)25-19-13-17(2)28(16-19)15-18-9-5-4-6-10-18;/h4-12,17,19H,3,13-16H2,1-2H3,(H2,23,24,25);1H. The molecular weight excluding hydrogens is 489 g/mol. The Hall–Kier alpha value is -2.20. The molecular formula is C22H30IN7. The number of halogens is 1. The lowest BCUT2D eigenvalue weighted by molar-refractivity contribution is 0.258. The van der Waals surface area contributed by atoms with Crippen LogP contribution in [0.1, 0.15) is 31.7 Å². The predicted molar refractivity (Wildman–Crippen MR) is 131 cm³/mol. The van der Waals surface area contributed by atoms with Crippen molar-refractivity contribution in [3.63, 3.8) is 0 Å². The van der Waals surface area contributed by atoms with E-state index in [1.807, 2.05) is 28.8 Å². The predicted octanol–water partition coefficient (Wildman–Crippen LogP) is 3.07. The van der Waals surface area contributed by atoms with Crippen molar-refractivity contribution in [1.82, 2.24) is 30.1 Å². The SMILES string of the molecule is CCNC(=NCc1nnc2ccccn12)NC1CC(C)N(Cc2ccccc2)C1.I. The highest BCUT2D eigenvalue weighted by atomic mass is 127. The van der Waals surface area contributed by atoms with Crippen LogP contribution in [0.5, 0.6) is 0 Å². The van der Waals surface area contributed by atoms with Gasteiger partial charge in [-0.15, -0.1) is 34.2 Å². The van der Waals surface area contributed by atoms with Crippen LogP contribution in [0.3, 0.4) is 0 Å². The van der Waals surface area contributed by atoms with Crippen LogP contribution in [-0.4, -0.2) is 50.6 Å². The molecule has 3 heterocycles. The second-order valence-electron chi connectivity index (χ2n) is 7.58. The Labute approximate surface area is 195 Å². The maximum absolute atomic E-state index is 4.76. The Morgan fingerprint density at radius 3 is 2.73 bits per heavy atom. The van der Waals surface area contributed by atoms with E-state index in [9.17, 15) is 0 Å². The number of hydrogen-bond acceptors (Lipinski definition) is 4. The summed E-state index contributed by atoms with van der Waals surface area (Å²) in [5.74, 6) is 1.67. The van der Waals surface area contributed by atoms with E-state index in [2.05, 4.69) is 69.9 Å². The van der Waals surface area contributed by atoms with E-state index in [1.165, 1.54) is 5.56 Å². The van der Waals surface area contributed by atoms with Gasteiger partial charge in [-0.2, -0.15) is 0 Å². The van der Waals surface area contributed by atoms with E-state index in [0.717, 1.165) is 43.5 Å². The normalized spacial score (nSPS) is 19.6. The highest BCUT2D eigenvalue weighted by molar-refractivity contribution is 14.0. The summed E-state index contributed by atoms with van der Waals surface area (Å²) < 4.78 is 1.98. The van der Waals surface area contributed by atoms with Crippen molar-refractivity contribution in [2.24, 2.45) is 4.99 Å². The minimum Gasteiger partial charge on any atom is -0.357 e. The van der Waals surface area contributed by atoms with E-state index < -0.39 is 0 Å². The van der Waals surface area contributed by atoms with Gasteiger partial charge in [0.25, 0.3) is 0 Å². The van der Waals surface area contributed by atoms with Crippen molar-refractivity contribution in [3.05, 3.63) is 66.1 Å². The van der Waals surface area contributed by atoms with Gasteiger partial charge in [0, 0.05) is 37.9 Å². The number of nitrogens with one attached hydrogen (secondary N) is 2. The quantitative estimate of drug-likeness (QED) is 0.298. The third-order valence-corrected chi connectivity index (χ3v) is 5.38. The lowest BCUT2D eigenvalue weighted by Crippen LogP contribution is -2.44. The van der Waals surface area contributed by atoms with Crippen molar-refractivity contribution in [3.8, 4) is 0 Å². The first kappa shape index (κ1) is 22.5. The molecule has 3 aromatic rings. The Morgan fingerprint density at radius 1 is 1.13 bits per heavy atom. The Morgan fingerprint density at radius 2 is 1.93 bits per heavy atom. The summed E-state index contributed by atoms with van der Waals surface area (Å²) in [5, 5.41) is 15.4. The topological polar surface area (TPSA) is 69.8 Å². The van der Waals surface area contributed by atoms with Gasteiger partial charge in [0.2, 0.25) is 0 Å². The largest absolute Gasteiger partial charge is 0.357 e. The summed E-state index contributed by atoms with van der Waals surface area (Å²) in [4.78, 5) is 7.29. The number of pyridine rings is 1. The first-order valence-corrected chi connectivity index (χ1v) is 10.3. The number of rotatable bonds is 6. The van der Waals surface area contributed by atoms with Gasteiger partial charge >= 0.3 is 0 Å². The molecule has 4 rings (SSSR count). The molecule has 0 spiro atoms. The van der Waals surface area contributed by atoms with Crippen molar-refractivity contribution in [1.29, 1.82) is 0 Å². The van der Waals surface area contributed by atoms with Crippen molar-refractivity contribution < 1.29 is 0 Å². The molecule has 2 N–H and O–H groups in total. The summed E-state index contributed by atoms with van der Waals surface area (Å²) in [6.07, 6.45) is 3.08. The van der Waals surface area contributed by atoms with Crippen LogP contribution < -0.4 is 10.6 Å². The Balaban J connectivity index is 0.00000256. The third-order valence-electron chi connectivity index (χ3n) is 5.38. The van der Waals surface area contributed by atoms with E-state index in [-0.39, 0.29) is 24.0 Å². The zero-order valence-electron chi connectivity index (χ0n) is 17.5. The molecule has 0 aliphatic carbocycles. The maximum Gasteiger partial charge on any atom is 0.191 e. The molecule has 2 unspecified atom stereocenters. The van der Waals surface area contributed by atoms with Gasteiger partial charge in [-0.05, 0) is 38.0 Å². The van der Waals surface area contributed by atoms with Gasteiger partial charge in [0.15, 0.2) is 17.4 Å². The van der Waals surface area contributed by atoms with E-state index in [1.54, 1.807) is 0 Å². The van der Waals surface area contributed by atoms with Crippen LogP contribution in [-0.2, 0) is 13.1 Å². The van der Waals surface area contributed by atoms with Crippen LogP contribution >= 0.6 is 24.0 Å². The van der Waals surface area contributed by atoms with Gasteiger partial charge in [0.1, 0.15) is 6.54 Å². The Kier molecular flexibility index (Phi) is 8.03. The van der Waals surface area contributed by atoms with Crippen LogP contribution in [0.25, 0.3) is 5.65 Å². The highest BCUT2D eigenvalue weighted by Crippen LogP contribution is 2.20. The summed E-state index contributed by atoms with van der Waals surface area (Å²) in [6, 6.07) is 17.5. The Bertz CT molecular complexity index is 956. The van der Waals surface area contributed by atoms with Gasteiger partial charge in [-0.25, -0.2) is 4.99 Å². The average molecular weight is 519 g/mol. The molecule has 2 aromatic heterocycles. The number of nitrogens with zero attached hydrogens (tertiary/aromatic N) is 5. The molecule has 160 valence electrons. The fraction of sp³-hybridized carbons (Fsp3) is 0.409. The zero-order valence-corrected chi connectivity index (χ0v) is 19.9. The van der Waals surface area contributed by atoms with Crippen molar-refractivity contribution in [2.75, 3.05) is 13.1 Å². The fourth-order valence-corrected chi connectivity index (χ4v) is 3.90. The third kappa shape index (κ3) is 5.48. The summed E-state index contributed by atoms with van der Waals surface area (Å²) in [5.41, 5.74) is 2.20. The summed E-state index contributed by atoms with van der Waals surface area (Å²) >= 11 is 0. The summed E-state index contributed by atoms with van der Waals surface area (Å²) in [6.45, 7) is 7.69. The lowest BCUT2D eigenvalue weighted by Gasteiger charge is -2.21. The van der Waals surface area contributed by atoms with Gasteiger partial charge in [-0.3, -0.25) is 9.30 Å². The van der Waals surface area contributed by atoms with Crippen LogP contribution in [0, 0.1) is 0 Å². The number of guanidine groups is 1. The molecule has 2 atom stereocenters. The lowest BCUT2D eigenvalue weighted by atomic mass is 10.2. The minimum atomic E-state index is 0. The average Bonchev–Trinajstić information content (AvgIpc) is 3.30. The molecule has 7 nitrogen and oxygen atoms in total. The number of benzene rings is 1. The van der Waals surface area contributed by atoms with Gasteiger partial charge in [-0.1, -0.05) is 36.4 Å². The molecule has 0 radical (unpaired) electrons. The minimum absolute atomic E-state index is 0. The summed E-state index contributed by atoms with van der Waals surface area (Å²) in [7, 11) is 0. The molecule has 0 saturated carbocycles. The van der Waals surface area contributed by atoms with E-state index >= 15 is 0 Å². The number of aromatic nitrogens is 3. The number of likely N-dealkylation sites (tertiary alicyclic amines) is 1. The second kappa shape index (κ2) is 10.7. The molecule has 1 fully saturated rings. The molecule has 1 aliphatic heterocycles. The first-order valence-electron chi connectivity index (χ1n) is 10.3. The molecule has 8 heteroatoms. The van der Waals surface area contributed by atoms with Gasteiger partial charge < -0.3 is 10.6 Å². The highest BCUT2D eigenvalue weighted by Gasteiger charge is 2.29. The second-order valence-corrected chi connectivity index (χ2v) is 7.58. The molecule has 1 aromatic carbocycles.